The molecule has 0 aromatic heterocycles. The number of nitrogens with zero attached hydrogens (tertiary/aromatic N) is 1. The number of barbiturate groups is 1. The number of hydrogen-bond acceptors (Lipinski definition) is 7. The van der Waals surface area contributed by atoms with Gasteiger partial charge in [0.1, 0.15) is 10.6 Å². The molecule has 0 spiro atoms. The van der Waals surface area contributed by atoms with Crippen LogP contribution in [0, 0.1) is 11.7 Å². The summed E-state index contributed by atoms with van der Waals surface area (Å²) in [6.45, 7) is 6.03. The van der Waals surface area contributed by atoms with E-state index in [0.717, 1.165) is 10.5 Å². The number of carbonyl (C=O) groups excluding carboxylic acids is 4. The molecular formula is C24H30FN3O6S. The fraction of sp³-hybridized carbons (Fsp3) is 0.583. The Labute approximate surface area is 206 Å². The van der Waals surface area contributed by atoms with Crippen molar-refractivity contribution in [2.75, 3.05) is 13.2 Å². The van der Waals surface area contributed by atoms with Crippen LogP contribution < -0.4 is 10.0 Å². The molecule has 4 rings (SSSR count). The molecule has 2 saturated heterocycles. The van der Waals surface area contributed by atoms with Crippen LogP contribution in [0.3, 0.4) is 0 Å². The summed E-state index contributed by atoms with van der Waals surface area (Å²) in [5.74, 6) is -4.77. The summed E-state index contributed by atoms with van der Waals surface area (Å²) in [6.07, 6.45) is 1.32. The van der Waals surface area contributed by atoms with Crippen molar-refractivity contribution in [2.45, 2.75) is 69.2 Å². The van der Waals surface area contributed by atoms with Crippen LogP contribution >= 0.6 is 0 Å². The first-order valence-electron chi connectivity index (χ1n) is 11.7. The highest BCUT2D eigenvalue weighted by molar-refractivity contribution is 7.90. The molecule has 0 saturated carbocycles. The lowest BCUT2D eigenvalue weighted by atomic mass is 9.83. The van der Waals surface area contributed by atoms with Crippen molar-refractivity contribution in [1.29, 1.82) is 0 Å². The summed E-state index contributed by atoms with van der Waals surface area (Å²) in [5.41, 5.74) is 0.0681. The van der Waals surface area contributed by atoms with Crippen LogP contribution in [0.2, 0.25) is 0 Å². The number of fused-ring (bicyclic) bond motifs is 1. The average Bonchev–Trinajstić information content (AvgIpc) is 3.10. The molecule has 1 aromatic rings. The van der Waals surface area contributed by atoms with Crippen molar-refractivity contribution in [1.82, 2.24) is 14.9 Å². The Kier molecular flexibility index (Phi) is 7.07. The van der Waals surface area contributed by atoms with Gasteiger partial charge < -0.3 is 9.29 Å². The first kappa shape index (κ1) is 25.7. The van der Waals surface area contributed by atoms with E-state index in [4.69, 9.17) is 4.74 Å². The minimum Gasteiger partial charge on any atom is -0.598 e. The van der Waals surface area contributed by atoms with E-state index in [1.807, 2.05) is 0 Å². The number of Topliss-reactive ketones (excluding diaryl/α,β-unsaturated/α-hetero) is 1. The van der Waals surface area contributed by atoms with Crippen molar-refractivity contribution >= 4 is 35.0 Å². The molecule has 2 fully saturated rings. The molecule has 3 atom stereocenters. The number of ketones is 1. The average molecular weight is 508 g/mol. The molecule has 3 aliphatic rings. The second kappa shape index (κ2) is 9.61. The van der Waals surface area contributed by atoms with E-state index >= 15 is 0 Å². The lowest BCUT2D eigenvalue weighted by molar-refractivity contribution is -0.150. The third kappa shape index (κ3) is 5.00. The summed E-state index contributed by atoms with van der Waals surface area (Å²) in [7, 11) is 0. The van der Waals surface area contributed by atoms with Gasteiger partial charge in [-0.3, -0.25) is 24.6 Å². The van der Waals surface area contributed by atoms with Crippen molar-refractivity contribution in [3.63, 3.8) is 0 Å². The van der Waals surface area contributed by atoms with Gasteiger partial charge in [0.2, 0.25) is 5.91 Å². The van der Waals surface area contributed by atoms with Crippen LogP contribution in [0.5, 0.6) is 0 Å². The number of urea groups is 1. The number of imide groups is 2. The fourth-order valence-electron chi connectivity index (χ4n) is 4.91. The Morgan fingerprint density at radius 3 is 2.63 bits per heavy atom. The summed E-state index contributed by atoms with van der Waals surface area (Å²) in [4.78, 5) is 53.0. The Hall–Kier alpha value is -2.34. The number of hydrogen-bond donors (Lipinski definition) is 2. The second-order valence-corrected chi connectivity index (χ2v) is 12.3. The maximum Gasteiger partial charge on any atom is 0.331 e. The maximum atomic E-state index is 14.2. The van der Waals surface area contributed by atoms with Gasteiger partial charge in [0.05, 0.1) is 5.54 Å². The van der Waals surface area contributed by atoms with Crippen molar-refractivity contribution in [2.24, 2.45) is 5.92 Å². The largest absolute Gasteiger partial charge is 0.598 e. The highest BCUT2D eigenvalue weighted by Gasteiger charge is 2.52. The number of aryl methyl sites for hydroxylation is 1. The van der Waals surface area contributed by atoms with E-state index in [9.17, 15) is 28.1 Å². The zero-order valence-electron chi connectivity index (χ0n) is 20.0. The first-order valence-corrected chi connectivity index (χ1v) is 12.8. The number of carbonyl (C=O) groups is 4. The molecule has 2 N–H and O–H groups in total. The highest BCUT2D eigenvalue weighted by Crippen LogP contribution is 2.42. The number of nitrogens with one attached hydrogen (secondary N) is 2. The number of halogens is 1. The second-order valence-electron chi connectivity index (χ2n) is 10.3. The molecule has 1 aromatic carbocycles. The van der Waals surface area contributed by atoms with E-state index < -0.39 is 63.1 Å². The molecule has 2 heterocycles. The number of amides is 4. The van der Waals surface area contributed by atoms with Gasteiger partial charge in [-0.2, -0.15) is 0 Å². The van der Waals surface area contributed by atoms with Crippen LogP contribution in [0.15, 0.2) is 18.2 Å². The fourth-order valence-corrected chi connectivity index (χ4v) is 5.86. The lowest BCUT2D eigenvalue weighted by Crippen LogP contribution is -2.63. The first-order chi connectivity index (χ1) is 16.4. The summed E-state index contributed by atoms with van der Waals surface area (Å²) < 4.78 is 35.0. The maximum absolute atomic E-state index is 14.2. The standard InChI is InChI=1S/C24H30FN3O6S/c1-23(2,3)35(33)27-24(9-6-14-4-5-15(25)12-17(14)24)13-18(29)19-20(30)26-22(32)28(21(19)31)16-7-10-34-11-8-16/h4-5,12,16,19,27H,6-11,13H2,1-3H3,(H,26,30,32)/t19-,24+,35-/m0/s1. The zero-order chi connectivity index (χ0) is 25.5. The smallest absolute Gasteiger partial charge is 0.331 e. The zero-order valence-corrected chi connectivity index (χ0v) is 20.8. The van der Waals surface area contributed by atoms with E-state index in [1.165, 1.54) is 12.1 Å². The van der Waals surface area contributed by atoms with Crippen molar-refractivity contribution < 1.29 is 32.9 Å². The minimum atomic E-state index is -1.71. The van der Waals surface area contributed by atoms with Gasteiger partial charge in [0.25, 0.3) is 5.91 Å². The number of benzene rings is 1. The monoisotopic (exact) mass is 507 g/mol. The number of rotatable bonds is 6. The van der Waals surface area contributed by atoms with Gasteiger partial charge in [-0.25, -0.2) is 9.18 Å². The van der Waals surface area contributed by atoms with Crippen LogP contribution in [-0.2, 0) is 42.4 Å². The van der Waals surface area contributed by atoms with Gasteiger partial charge in [-0.1, -0.05) is 6.07 Å². The number of ether oxygens (including phenoxy) is 1. The Morgan fingerprint density at radius 2 is 1.97 bits per heavy atom. The summed E-state index contributed by atoms with van der Waals surface area (Å²) >= 11 is -1.62. The molecule has 11 heteroatoms. The normalized spacial score (nSPS) is 26.5. The molecule has 0 unspecified atom stereocenters. The Morgan fingerprint density at radius 1 is 1.29 bits per heavy atom. The Bertz CT molecular complexity index is 1050. The van der Waals surface area contributed by atoms with E-state index in [2.05, 4.69) is 10.0 Å². The van der Waals surface area contributed by atoms with Gasteiger partial charge in [-0.15, -0.1) is 4.72 Å². The highest BCUT2D eigenvalue weighted by atomic mass is 32.2. The summed E-state index contributed by atoms with van der Waals surface area (Å²) in [6, 6.07) is 2.95. The van der Waals surface area contributed by atoms with Crippen molar-refractivity contribution in [3.05, 3.63) is 35.1 Å². The molecule has 190 valence electrons. The third-order valence-electron chi connectivity index (χ3n) is 6.80. The molecular weight excluding hydrogens is 477 g/mol. The van der Waals surface area contributed by atoms with Crippen LogP contribution in [-0.4, -0.2) is 57.1 Å². The van der Waals surface area contributed by atoms with Crippen LogP contribution in [0.4, 0.5) is 9.18 Å². The Balaban J connectivity index is 1.65. The molecule has 35 heavy (non-hydrogen) atoms. The molecule has 4 amide bonds. The van der Waals surface area contributed by atoms with Gasteiger partial charge in [-0.05, 0) is 69.7 Å². The lowest BCUT2D eigenvalue weighted by Gasteiger charge is -2.38. The summed E-state index contributed by atoms with van der Waals surface area (Å²) in [5, 5.41) is 2.14. The van der Waals surface area contributed by atoms with Crippen LogP contribution in [0.1, 0.15) is 57.6 Å². The quantitative estimate of drug-likeness (QED) is 0.444. The predicted molar refractivity (Wildman–Crippen MR) is 125 cm³/mol. The topological polar surface area (TPSA) is 128 Å². The molecule has 2 aliphatic heterocycles. The van der Waals surface area contributed by atoms with Gasteiger partial charge in [0, 0.05) is 37.0 Å². The van der Waals surface area contributed by atoms with Gasteiger partial charge in [0.15, 0.2) is 11.7 Å². The molecule has 0 radical (unpaired) electrons. The van der Waals surface area contributed by atoms with E-state index in [1.54, 1.807) is 26.8 Å². The SMILES string of the molecule is CC(C)(C)[S@+]([O-])N[C@@]1(CC(=O)[C@H]2C(=O)NC(=O)N(C3CCOCC3)C2=O)CCc2ccc(F)cc21. The minimum absolute atomic E-state index is 0.338. The van der Waals surface area contributed by atoms with Crippen molar-refractivity contribution in [3.8, 4) is 0 Å². The molecule has 1 aliphatic carbocycles. The van der Waals surface area contributed by atoms with E-state index in [-0.39, 0.29) is 6.42 Å². The molecule has 9 nitrogen and oxygen atoms in total. The molecule has 0 bridgehead atoms. The predicted octanol–water partition coefficient (Wildman–Crippen LogP) is 1.85. The van der Waals surface area contributed by atoms with E-state index in [0.29, 0.717) is 44.5 Å². The third-order valence-corrected chi connectivity index (χ3v) is 8.49. The van der Waals surface area contributed by atoms with Gasteiger partial charge >= 0.3 is 6.03 Å². The van der Waals surface area contributed by atoms with Crippen LogP contribution in [0.25, 0.3) is 0 Å².